The van der Waals surface area contributed by atoms with E-state index >= 15 is 0 Å². The van der Waals surface area contributed by atoms with Crippen LogP contribution in [0.1, 0.15) is 26.8 Å². The van der Waals surface area contributed by atoms with E-state index in [2.05, 4.69) is 20.3 Å². The lowest BCUT2D eigenvalue weighted by molar-refractivity contribution is 0.0694. The number of aryl methyl sites for hydroxylation is 1. The number of thiazole rings is 1. The van der Waals surface area contributed by atoms with Gasteiger partial charge in [0.2, 0.25) is 0 Å². The highest BCUT2D eigenvalue weighted by Crippen LogP contribution is 2.08. The molecule has 0 unspecified atom stereocenters. The summed E-state index contributed by atoms with van der Waals surface area (Å²) in [5, 5.41) is 15.2. The Kier molecular flexibility index (Phi) is 4.53. The molecule has 2 N–H and O–H groups in total. The van der Waals surface area contributed by atoms with Gasteiger partial charge in [0.1, 0.15) is 11.9 Å². The summed E-state index contributed by atoms with van der Waals surface area (Å²) in [6.07, 6.45) is 3.49. The Morgan fingerprint density at radius 1 is 1.53 bits per heavy atom. The molecule has 19 heavy (non-hydrogen) atoms. The van der Waals surface area contributed by atoms with Crippen molar-refractivity contribution in [2.24, 2.45) is 0 Å². The lowest BCUT2D eigenvalue weighted by Crippen LogP contribution is -2.20. The van der Waals surface area contributed by atoms with Crippen LogP contribution in [-0.4, -0.2) is 32.6 Å². The second kappa shape index (κ2) is 6.35. The molecule has 0 fully saturated rings. The summed E-state index contributed by atoms with van der Waals surface area (Å²) < 4.78 is 0. The topological polar surface area (TPSA) is 88.0 Å². The van der Waals surface area contributed by atoms with E-state index in [4.69, 9.17) is 5.11 Å². The van der Waals surface area contributed by atoms with Gasteiger partial charge in [0, 0.05) is 31.1 Å². The van der Waals surface area contributed by atoms with Gasteiger partial charge in [0.15, 0.2) is 0 Å². The number of nitrogens with one attached hydrogen (secondary N) is 1. The molecule has 100 valence electrons. The highest BCUT2D eigenvalue weighted by molar-refractivity contribution is 7.09. The number of aromatic carboxylic acids is 1. The smallest absolute Gasteiger partial charge is 0.339 e. The van der Waals surface area contributed by atoms with Crippen molar-refractivity contribution in [3.05, 3.63) is 39.9 Å². The molecule has 0 saturated carbocycles. The number of nitrogens with zero attached hydrogens (tertiary/aromatic N) is 3. The summed E-state index contributed by atoms with van der Waals surface area (Å²) in [5.74, 6) is -1.01. The van der Waals surface area contributed by atoms with Crippen LogP contribution in [0.25, 0.3) is 0 Å². The normalized spacial score (nSPS) is 10.6. The Morgan fingerprint density at radius 3 is 3.05 bits per heavy atom. The maximum atomic E-state index is 11.0. The van der Waals surface area contributed by atoms with Gasteiger partial charge in [0.05, 0.1) is 16.4 Å². The standard InChI is InChI=1S/C12H14N4O2S/c1-8-16-9(6-19-8)2-3-13-5-11-10(12(17)18)4-14-7-15-11/h4,6-7,13H,2-3,5H2,1H3,(H,17,18). The molecular weight excluding hydrogens is 264 g/mol. The highest BCUT2D eigenvalue weighted by atomic mass is 32.1. The van der Waals surface area contributed by atoms with Crippen molar-refractivity contribution in [2.75, 3.05) is 6.54 Å². The maximum Gasteiger partial charge on any atom is 0.339 e. The summed E-state index contributed by atoms with van der Waals surface area (Å²) in [5.41, 5.74) is 1.69. The summed E-state index contributed by atoms with van der Waals surface area (Å²) in [6.45, 7) is 3.11. The lowest BCUT2D eigenvalue weighted by Gasteiger charge is -2.05. The molecule has 0 aromatic carbocycles. The zero-order chi connectivity index (χ0) is 13.7. The van der Waals surface area contributed by atoms with Gasteiger partial charge in [-0.2, -0.15) is 0 Å². The molecule has 0 atom stereocenters. The van der Waals surface area contributed by atoms with Crippen LogP contribution in [0.3, 0.4) is 0 Å². The van der Waals surface area contributed by atoms with Crippen LogP contribution in [0.5, 0.6) is 0 Å². The molecule has 2 aromatic rings. The van der Waals surface area contributed by atoms with E-state index in [1.54, 1.807) is 11.3 Å². The Morgan fingerprint density at radius 2 is 2.37 bits per heavy atom. The van der Waals surface area contributed by atoms with Crippen molar-refractivity contribution >= 4 is 17.3 Å². The van der Waals surface area contributed by atoms with Crippen molar-refractivity contribution in [1.82, 2.24) is 20.3 Å². The number of rotatable bonds is 6. The van der Waals surface area contributed by atoms with Crippen LogP contribution < -0.4 is 5.32 Å². The van der Waals surface area contributed by atoms with E-state index in [-0.39, 0.29) is 5.56 Å². The zero-order valence-electron chi connectivity index (χ0n) is 10.5. The van der Waals surface area contributed by atoms with Crippen LogP contribution in [0.4, 0.5) is 0 Å². The first-order valence-corrected chi connectivity index (χ1v) is 6.68. The monoisotopic (exact) mass is 278 g/mol. The van der Waals surface area contributed by atoms with Crippen LogP contribution in [-0.2, 0) is 13.0 Å². The Labute approximate surface area is 114 Å². The first kappa shape index (κ1) is 13.6. The quantitative estimate of drug-likeness (QED) is 0.774. The molecule has 0 bridgehead atoms. The second-order valence-corrected chi connectivity index (χ2v) is 5.04. The minimum atomic E-state index is -1.01. The Hall–Kier alpha value is -1.86. The summed E-state index contributed by atoms with van der Waals surface area (Å²) >= 11 is 1.63. The molecule has 0 aliphatic carbocycles. The molecule has 0 radical (unpaired) electrons. The average molecular weight is 278 g/mol. The van der Waals surface area contributed by atoms with Gasteiger partial charge < -0.3 is 10.4 Å². The van der Waals surface area contributed by atoms with Crippen LogP contribution in [0, 0.1) is 6.92 Å². The lowest BCUT2D eigenvalue weighted by atomic mass is 10.2. The summed E-state index contributed by atoms with van der Waals surface area (Å²) in [7, 11) is 0. The second-order valence-electron chi connectivity index (χ2n) is 3.97. The van der Waals surface area contributed by atoms with Crippen molar-refractivity contribution in [2.45, 2.75) is 19.9 Å². The molecule has 7 heteroatoms. The van der Waals surface area contributed by atoms with Crippen molar-refractivity contribution in [3.63, 3.8) is 0 Å². The van der Waals surface area contributed by atoms with Crippen LogP contribution in [0.2, 0.25) is 0 Å². The van der Waals surface area contributed by atoms with Crippen LogP contribution >= 0.6 is 11.3 Å². The number of carboxylic acids is 1. The van der Waals surface area contributed by atoms with Crippen LogP contribution in [0.15, 0.2) is 17.9 Å². The third-order valence-electron chi connectivity index (χ3n) is 2.54. The molecule has 2 aromatic heterocycles. The van der Waals surface area contributed by atoms with Crippen molar-refractivity contribution in [3.8, 4) is 0 Å². The summed E-state index contributed by atoms with van der Waals surface area (Å²) in [6, 6.07) is 0. The summed E-state index contributed by atoms with van der Waals surface area (Å²) in [4.78, 5) is 23.0. The van der Waals surface area contributed by atoms with E-state index < -0.39 is 5.97 Å². The third-order valence-corrected chi connectivity index (χ3v) is 3.36. The fraction of sp³-hybridized carbons (Fsp3) is 0.333. The predicted octanol–water partition coefficient (Wildman–Crippen LogP) is 1.27. The van der Waals surface area contributed by atoms with E-state index in [1.807, 2.05) is 12.3 Å². The third kappa shape index (κ3) is 3.80. The predicted molar refractivity (Wildman–Crippen MR) is 71.3 cm³/mol. The molecule has 0 aliphatic rings. The maximum absolute atomic E-state index is 11.0. The van der Waals surface area contributed by atoms with E-state index in [0.29, 0.717) is 12.2 Å². The fourth-order valence-corrected chi connectivity index (χ4v) is 2.27. The average Bonchev–Trinajstić information content (AvgIpc) is 2.81. The molecule has 0 amide bonds. The van der Waals surface area contributed by atoms with E-state index in [9.17, 15) is 4.79 Å². The molecule has 0 aliphatic heterocycles. The van der Waals surface area contributed by atoms with Gasteiger partial charge in [-0.3, -0.25) is 0 Å². The number of carbonyl (C=O) groups is 1. The molecule has 0 spiro atoms. The largest absolute Gasteiger partial charge is 0.478 e. The molecular formula is C12H14N4O2S. The van der Waals surface area contributed by atoms with Crippen molar-refractivity contribution in [1.29, 1.82) is 0 Å². The van der Waals surface area contributed by atoms with Gasteiger partial charge in [-0.1, -0.05) is 0 Å². The first-order chi connectivity index (χ1) is 9.16. The van der Waals surface area contributed by atoms with Gasteiger partial charge in [-0.05, 0) is 6.92 Å². The van der Waals surface area contributed by atoms with Crippen molar-refractivity contribution < 1.29 is 9.90 Å². The number of hydrogen-bond acceptors (Lipinski definition) is 6. The molecule has 2 rings (SSSR count). The van der Waals surface area contributed by atoms with Gasteiger partial charge in [-0.15, -0.1) is 11.3 Å². The van der Waals surface area contributed by atoms with Gasteiger partial charge in [0.25, 0.3) is 0 Å². The van der Waals surface area contributed by atoms with Gasteiger partial charge >= 0.3 is 5.97 Å². The molecule has 2 heterocycles. The Balaban J connectivity index is 1.84. The zero-order valence-corrected chi connectivity index (χ0v) is 11.3. The Bertz CT molecular complexity index is 570. The van der Waals surface area contributed by atoms with E-state index in [1.165, 1.54) is 12.5 Å². The highest BCUT2D eigenvalue weighted by Gasteiger charge is 2.10. The molecule has 0 saturated heterocycles. The first-order valence-electron chi connectivity index (χ1n) is 5.80. The minimum Gasteiger partial charge on any atom is -0.478 e. The van der Waals surface area contributed by atoms with Gasteiger partial charge in [-0.25, -0.2) is 19.7 Å². The number of carboxylic acid groups (broad SMARTS) is 1. The fourth-order valence-electron chi connectivity index (χ4n) is 1.62. The van der Waals surface area contributed by atoms with E-state index in [0.717, 1.165) is 23.7 Å². The number of aromatic nitrogens is 3. The molecule has 6 nitrogen and oxygen atoms in total. The number of hydrogen-bond donors (Lipinski definition) is 2. The minimum absolute atomic E-state index is 0.138. The SMILES string of the molecule is Cc1nc(CCNCc2ncncc2C(=O)O)cs1.